The summed E-state index contributed by atoms with van der Waals surface area (Å²) in [5.41, 5.74) is 4.16. The molecule has 1 heterocycles. The SMILES string of the molecule is Cc1cc(Br)ccc1OCC(=O)NN=Cc1cccnc1. The lowest BCUT2D eigenvalue weighted by Crippen LogP contribution is -2.24. The highest BCUT2D eigenvalue weighted by Crippen LogP contribution is 2.21. The summed E-state index contributed by atoms with van der Waals surface area (Å²) in [5.74, 6) is 0.349. The van der Waals surface area contributed by atoms with E-state index in [1.165, 1.54) is 6.21 Å². The zero-order valence-corrected chi connectivity index (χ0v) is 13.0. The number of nitrogens with one attached hydrogen (secondary N) is 1. The smallest absolute Gasteiger partial charge is 0.277 e. The molecular formula is C15H14BrN3O2. The molecule has 0 radical (unpaired) electrons. The van der Waals surface area contributed by atoms with E-state index in [-0.39, 0.29) is 12.5 Å². The van der Waals surface area contributed by atoms with E-state index in [1.807, 2.05) is 31.2 Å². The van der Waals surface area contributed by atoms with Gasteiger partial charge in [0.25, 0.3) is 5.91 Å². The van der Waals surface area contributed by atoms with E-state index in [2.05, 4.69) is 31.4 Å². The first-order valence-electron chi connectivity index (χ1n) is 6.26. The second-order valence-corrected chi connectivity index (χ2v) is 5.19. The Hall–Kier alpha value is -2.21. The Balaban J connectivity index is 1.81. The van der Waals surface area contributed by atoms with E-state index in [1.54, 1.807) is 18.5 Å². The number of hydrogen-bond acceptors (Lipinski definition) is 4. The quantitative estimate of drug-likeness (QED) is 0.668. The summed E-state index contributed by atoms with van der Waals surface area (Å²) in [7, 11) is 0. The zero-order valence-electron chi connectivity index (χ0n) is 11.4. The molecule has 6 heteroatoms. The van der Waals surface area contributed by atoms with Crippen molar-refractivity contribution in [3.63, 3.8) is 0 Å². The van der Waals surface area contributed by atoms with Crippen molar-refractivity contribution in [1.29, 1.82) is 0 Å². The normalized spacial score (nSPS) is 10.6. The summed E-state index contributed by atoms with van der Waals surface area (Å²) in [4.78, 5) is 15.6. The lowest BCUT2D eigenvalue weighted by atomic mass is 10.2. The highest BCUT2D eigenvalue weighted by Gasteiger charge is 2.04. The van der Waals surface area contributed by atoms with Gasteiger partial charge in [-0.05, 0) is 36.8 Å². The van der Waals surface area contributed by atoms with Crippen LogP contribution in [0.15, 0.2) is 52.3 Å². The van der Waals surface area contributed by atoms with E-state index in [4.69, 9.17) is 4.74 Å². The van der Waals surface area contributed by atoms with Gasteiger partial charge in [0.2, 0.25) is 0 Å². The van der Waals surface area contributed by atoms with Crippen molar-refractivity contribution in [2.45, 2.75) is 6.92 Å². The Labute approximate surface area is 131 Å². The molecule has 1 aromatic heterocycles. The van der Waals surface area contributed by atoms with Crippen molar-refractivity contribution < 1.29 is 9.53 Å². The fraction of sp³-hybridized carbons (Fsp3) is 0.133. The number of benzene rings is 1. The molecule has 1 N–H and O–H groups in total. The number of nitrogens with zero attached hydrogens (tertiary/aromatic N) is 2. The first kappa shape index (κ1) is 15.2. The first-order chi connectivity index (χ1) is 10.1. The van der Waals surface area contributed by atoms with E-state index in [9.17, 15) is 4.79 Å². The average Bonchev–Trinajstić information content (AvgIpc) is 2.47. The molecule has 0 atom stereocenters. The molecule has 0 aliphatic carbocycles. The molecule has 0 aliphatic heterocycles. The number of rotatable bonds is 5. The van der Waals surface area contributed by atoms with Crippen LogP contribution in [0.1, 0.15) is 11.1 Å². The Morgan fingerprint density at radius 2 is 2.33 bits per heavy atom. The van der Waals surface area contributed by atoms with Crippen LogP contribution in [0.4, 0.5) is 0 Å². The molecule has 2 rings (SSSR count). The summed E-state index contributed by atoms with van der Waals surface area (Å²) >= 11 is 3.37. The van der Waals surface area contributed by atoms with Crippen LogP contribution in [0.25, 0.3) is 0 Å². The third-order valence-corrected chi connectivity index (χ3v) is 3.08. The number of hydrogen-bond donors (Lipinski definition) is 1. The fourth-order valence-corrected chi connectivity index (χ4v) is 2.06. The molecule has 21 heavy (non-hydrogen) atoms. The number of halogens is 1. The third kappa shape index (κ3) is 5.00. The van der Waals surface area contributed by atoms with Crippen LogP contribution < -0.4 is 10.2 Å². The van der Waals surface area contributed by atoms with Crippen molar-refractivity contribution in [2.24, 2.45) is 5.10 Å². The standard InChI is InChI=1S/C15H14BrN3O2/c1-11-7-13(16)4-5-14(11)21-10-15(20)19-18-9-12-3-2-6-17-8-12/h2-9H,10H2,1H3,(H,19,20). The maximum Gasteiger partial charge on any atom is 0.277 e. The van der Waals surface area contributed by atoms with Crippen LogP contribution in [-0.4, -0.2) is 23.7 Å². The summed E-state index contributed by atoms with van der Waals surface area (Å²) in [5, 5.41) is 3.84. The van der Waals surface area contributed by atoms with Crippen LogP contribution in [-0.2, 0) is 4.79 Å². The molecule has 1 aromatic carbocycles. The minimum absolute atomic E-state index is 0.0904. The van der Waals surface area contributed by atoms with Crippen molar-refractivity contribution in [3.8, 4) is 5.75 Å². The summed E-state index contributed by atoms with van der Waals surface area (Å²) in [6.07, 6.45) is 4.84. The van der Waals surface area contributed by atoms with Gasteiger partial charge in [-0.3, -0.25) is 9.78 Å². The van der Waals surface area contributed by atoms with E-state index in [0.717, 1.165) is 15.6 Å². The molecule has 5 nitrogen and oxygen atoms in total. The number of ether oxygens (including phenoxy) is 1. The van der Waals surface area contributed by atoms with Gasteiger partial charge in [0, 0.05) is 22.4 Å². The predicted molar refractivity (Wildman–Crippen MR) is 84.3 cm³/mol. The van der Waals surface area contributed by atoms with Crippen LogP contribution in [0.2, 0.25) is 0 Å². The van der Waals surface area contributed by atoms with Gasteiger partial charge in [0.15, 0.2) is 6.61 Å². The predicted octanol–water partition coefficient (Wildman–Crippen LogP) is 2.68. The number of aromatic nitrogens is 1. The molecule has 0 spiro atoms. The van der Waals surface area contributed by atoms with Crippen LogP contribution in [0, 0.1) is 6.92 Å². The Morgan fingerprint density at radius 3 is 3.05 bits per heavy atom. The molecular weight excluding hydrogens is 334 g/mol. The number of carbonyl (C=O) groups excluding carboxylic acids is 1. The van der Waals surface area contributed by atoms with Crippen LogP contribution >= 0.6 is 15.9 Å². The number of aryl methyl sites for hydroxylation is 1. The average molecular weight is 348 g/mol. The van der Waals surface area contributed by atoms with Crippen molar-refractivity contribution >= 4 is 28.1 Å². The molecule has 0 aliphatic rings. The highest BCUT2D eigenvalue weighted by atomic mass is 79.9. The molecule has 0 fully saturated rings. The Morgan fingerprint density at radius 1 is 1.48 bits per heavy atom. The topological polar surface area (TPSA) is 63.6 Å². The second kappa shape index (κ2) is 7.54. The number of pyridine rings is 1. The van der Waals surface area contributed by atoms with Crippen molar-refractivity contribution in [1.82, 2.24) is 10.4 Å². The summed E-state index contributed by atoms with van der Waals surface area (Å²) in [6, 6.07) is 9.23. The fourth-order valence-electron chi connectivity index (χ4n) is 1.58. The van der Waals surface area contributed by atoms with E-state index in [0.29, 0.717) is 5.75 Å². The van der Waals surface area contributed by atoms with Gasteiger partial charge in [-0.25, -0.2) is 5.43 Å². The first-order valence-corrected chi connectivity index (χ1v) is 7.05. The Kier molecular flexibility index (Phi) is 5.45. The van der Waals surface area contributed by atoms with Gasteiger partial charge >= 0.3 is 0 Å². The minimum Gasteiger partial charge on any atom is -0.483 e. The van der Waals surface area contributed by atoms with Crippen LogP contribution in [0.5, 0.6) is 5.75 Å². The zero-order chi connectivity index (χ0) is 15.1. The van der Waals surface area contributed by atoms with Gasteiger partial charge in [0.05, 0.1) is 6.21 Å². The second-order valence-electron chi connectivity index (χ2n) is 4.28. The molecule has 0 saturated heterocycles. The lowest BCUT2D eigenvalue weighted by molar-refractivity contribution is -0.123. The largest absolute Gasteiger partial charge is 0.483 e. The Bertz CT molecular complexity index is 645. The van der Waals surface area contributed by atoms with Gasteiger partial charge in [-0.15, -0.1) is 0 Å². The number of amides is 1. The number of hydrazone groups is 1. The highest BCUT2D eigenvalue weighted by molar-refractivity contribution is 9.10. The van der Waals surface area contributed by atoms with Crippen molar-refractivity contribution in [2.75, 3.05) is 6.61 Å². The lowest BCUT2D eigenvalue weighted by Gasteiger charge is -2.08. The van der Waals surface area contributed by atoms with E-state index >= 15 is 0 Å². The van der Waals surface area contributed by atoms with Gasteiger partial charge < -0.3 is 4.74 Å². The molecule has 0 unspecified atom stereocenters. The molecule has 108 valence electrons. The maximum absolute atomic E-state index is 11.6. The summed E-state index contributed by atoms with van der Waals surface area (Å²) in [6.45, 7) is 1.82. The molecule has 0 bridgehead atoms. The monoisotopic (exact) mass is 347 g/mol. The van der Waals surface area contributed by atoms with Gasteiger partial charge in [0.1, 0.15) is 5.75 Å². The third-order valence-electron chi connectivity index (χ3n) is 2.58. The van der Waals surface area contributed by atoms with Gasteiger partial charge in [-0.2, -0.15) is 5.10 Å². The van der Waals surface area contributed by atoms with Gasteiger partial charge in [-0.1, -0.05) is 22.0 Å². The maximum atomic E-state index is 11.6. The molecule has 0 saturated carbocycles. The van der Waals surface area contributed by atoms with Crippen LogP contribution in [0.3, 0.4) is 0 Å². The minimum atomic E-state index is -0.322. The number of carbonyl (C=O) groups is 1. The summed E-state index contributed by atoms with van der Waals surface area (Å²) < 4.78 is 6.41. The van der Waals surface area contributed by atoms with Crippen molar-refractivity contribution in [3.05, 3.63) is 58.3 Å². The van der Waals surface area contributed by atoms with E-state index < -0.39 is 0 Å². The molecule has 2 aromatic rings. The molecule has 1 amide bonds.